The number of anilines is 1. The minimum Gasteiger partial charge on any atom is -0.280 e. The van der Waals surface area contributed by atoms with Crippen molar-refractivity contribution >= 4 is 44.0 Å². The first-order valence-corrected chi connectivity index (χ1v) is 8.39. The van der Waals surface area contributed by atoms with Gasteiger partial charge in [0.25, 0.3) is 15.7 Å². The molecule has 0 atom stereocenters. The van der Waals surface area contributed by atoms with Gasteiger partial charge in [-0.25, -0.2) is 8.42 Å². The van der Waals surface area contributed by atoms with Crippen LogP contribution in [0.25, 0.3) is 0 Å². The molecule has 0 saturated carbocycles. The van der Waals surface area contributed by atoms with Crippen molar-refractivity contribution in [2.45, 2.75) is 11.8 Å². The average Bonchev–Trinajstić information content (AvgIpc) is 2.41. The first kappa shape index (κ1) is 15.7. The summed E-state index contributed by atoms with van der Waals surface area (Å²) < 4.78 is 27.8. The van der Waals surface area contributed by atoms with Gasteiger partial charge in [0.2, 0.25) is 0 Å². The quantitative estimate of drug-likeness (QED) is 0.469. The SMILES string of the molecule is Cc1ccc(S(=O)(=O)Nc2ccc(I)cc2)cc1[N+](=O)[O-]. The molecule has 0 radical (unpaired) electrons. The average molecular weight is 418 g/mol. The summed E-state index contributed by atoms with van der Waals surface area (Å²) in [6, 6.07) is 10.6. The van der Waals surface area contributed by atoms with Crippen LogP contribution < -0.4 is 4.72 Å². The molecule has 6 nitrogen and oxygen atoms in total. The molecule has 0 aliphatic carbocycles. The number of nitrogens with zero attached hydrogens (tertiary/aromatic N) is 1. The van der Waals surface area contributed by atoms with Crippen molar-refractivity contribution in [3.8, 4) is 0 Å². The number of rotatable bonds is 4. The van der Waals surface area contributed by atoms with Gasteiger partial charge in [0.15, 0.2) is 0 Å². The van der Waals surface area contributed by atoms with Crippen molar-refractivity contribution in [2.75, 3.05) is 4.72 Å². The van der Waals surface area contributed by atoms with Crippen LogP contribution in [0.15, 0.2) is 47.4 Å². The van der Waals surface area contributed by atoms with Crippen molar-refractivity contribution in [2.24, 2.45) is 0 Å². The van der Waals surface area contributed by atoms with E-state index in [1.807, 2.05) is 0 Å². The molecule has 0 aliphatic heterocycles. The van der Waals surface area contributed by atoms with Crippen molar-refractivity contribution in [3.05, 3.63) is 61.7 Å². The molecule has 1 N–H and O–H groups in total. The monoisotopic (exact) mass is 418 g/mol. The van der Waals surface area contributed by atoms with Crippen molar-refractivity contribution < 1.29 is 13.3 Å². The van der Waals surface area contributed by atoms with Gasteiger partial charge in [0.05, 0.1) is 9.82 Å². The van der Waals surface area contributed by atoms with Crippen LogP contribution >= 0.6 is 22.6 Å². The number of nitrogens with one attached hydrogen (secondary N) is 1. The molecular weight excluding hydrogens is 407 g/mol. The Morgan fingerprint density at radius 3 is 2.33 bits per heavy atom. The third kappa shape index (κ3) is 3.70. The maximum Gasteiger partial charge on any atom is 0.273 e. The second-order valence-electron chi connectivity index (χ2n) is 4.32. The largest absolute Gasteiger partial charge is 0.280 e. The van der Waals surface area contributed by atoms with Gasteiger partial charge in [-0.05, 0) is 59.8 Å². The van der Waals surface area contributed by atoms with Crippen LogP contribution in [-0.4, -0.2) is 13.3 Å². The molecule has 0 fully saturated rings. The molecule has 0 bridgehead atoms. The lowest BCUT2D eigenvalue weighted by atomic mass is 10.2. The van der Waals surface area contributed by atoms with Gasteiger partial charge >= 0.3 is 0 Å². The fourth-order valence-electron chi connectivity index (χ4n) is 1.69. The van der Waals surface area contributed by atoms with Crippen LogP contribution in [-0.2, 0) is 10.0 Å². The Hall–Kier alpha value is -1.68. The zero-order valence-electron chi connectivity index (χ0n) is 10.9. The Morgan fingerprint density at radius 2 is 1.76 bits per heavy atom. The number of halogens is 1. The number of nitro benzene ring substituents is 1. The predicted molar refractivity (Wildman–Crippen MR) is 87.8 cm³/mol. The molecule has 21 heavy (non-hydrogen) atoms. The topological polar surface area (TPSA) is 89.3 Å². The Labute approximate surface area is 135 Å². The maximum absolute atomic E-state index is 12.2. The number of hydrogen-bond acceptors (Lipinski definition) is 4. The predicted octanol–water partition coefficient (Wildman–Crippen LogP) is 3.31. The molecule has 0 heterocycles. The number of hydrogen-bond donors (Lipinski definition) is 1. The van der Waals surface area contributed by atoms with Crippen LogP contribution in [0, 0.1) is 20.6 Å². The van der Waals surface area contributed by atoms with Crippen LogP contribution in [0.3, 0.4) is 0 Å². The van der Waals surface area contributed by atoms with Gasteiger partial charge in [0, 0.05) is 20.9 Å². The van der Waals surface area contributed by atoms with Gasteiger partial charge in [-0.3, -0.25) is 14.8 Å². The molecule has 0 spiro atoms. The summed E-state index contributed by atoms with van der Waals surface area (Å²) in [5, 5.41) is 10.9. The van der Waals surface area contributed by atoms with E-state index in [9.17, 15) is 18.5 Å². The summed E-state index contributed by atoms with van der Waals surface area (Å²) in [4.78, 5) is 10.1. The Bertz CT molecular complexity index is 788. The first-order valence-electron chi connectivity index (χ1n) is 5.83. The molecule has 0 aliphatic rings. The summed E-state index contributed by atoms with van der Waals surface area (Å²) in [6.45, 7) is 1.56. The molecule has 0 aromatic heterocycles. The molecule has 2 rings (SSSR count). The lowest BCUT2D eigenvalue weighted by Gasteiger charge is -2.08. The molecule has 0 amide bonds. The summed E-state index contributed by atoms with van der Waals surface area (Å²) in [6.07, 6.45) is 0. The molecule has 0 saturated heterocycles. The van der Waals surface area contributed by atoms with E-state index in [-0.39, 0.29) is 10.6 Å². The van der Waals surface area contributed by atoms with Gasteiger partial charge in [-0.1, -0.05) is 6.07 Å². The lowest BCUT2D eigenvalue weighted by molar-refractivity contribution is -0.385. The zero-order valence-corrected chi connectivity index (χ0v) is 13.9. The van der Waals surface area contributed by atoms with Crippen LogP contribution in [0.4, 0.5) is 11.4 Å². The minimum absolute atomic E-state index is 0.140. The number of benzene rings is 2. The fraction of sp³-hybridized carbons (Fsp3) is 0.0769. The summed E-state index contributed by atoms with van der Waals surface area (Å²) in [7, 11) is -3.86. The summed E-state index contributed by atoms with van der Waals surface area (Å²) >= 11 is 2.11. The van der Waals surface area contributed by atoms with Crippen molar-refractivity contribution in [1.29, 1.82) is 0 Å². The standard InChI is InChI=1S/C13H11IN2O4S/c1-9-2-7-12(8-13(9)16(17)18)21(19,20)15-11-5-3-10(14)4-6-11/h2-8,15H,1H3. The van der Waals surface area contributed by atoms with Crippen molar-refractivity contribution in [1.82, 2.24) is 0 Å². The lowest BCUT2D eigenvalue weighted by Crippen LogP contribution is -2.13. The van der Waals surface area contributed by atoms with E-state index in [4.69, 9.17) is 0 Å². The molecule has 0 unspecified atom stereocenters. The van der Waals surface area contributed by atoms with Crippen LogP contribution in [0.2, 0.25) is 0 Å². The normalized spacial score (nSPS) is 11.1. The number of sulfonamides is 1. The summed E-state index contributed by atoms with van der Waals surface area (Å²) in [5.74, 6) is 0. The third-order valence-electron chi connectivity index (χ3n) is 2.78. The highest BCUT2D eigenvalue weighted by atomic mass is 127. The highest BCUT2D eigenvalue weighted by molar-refractivity contribution is 14.1. The van der Waals surface area contributed by atoms with Crippen LogP contribution in [0.1, 0.15) is 5.56 Å². The third-order valence-corrected chi connectivity index (χ3v) is 4.88. The first-order chi connectivity index (χ1) is 9.79. The van der Waals surface area contributed by atoms with E-state index in [1.54, 1.807) is 31.2 Å². The second kappa shape index (κ2) is 5.98. The fourth-order valence-corrected chi connectivity index (χ4v) is 3.12. The van der Waals surface area contributed by atoms with Gasteiger partial charge in [-0.2, -0.15) is 0 Å². The van der Waals surface area contributed by atoms with E-state index < -0.39 is 14.9 Å². The van der Waals surface area contributed by atoms with E-state index >= 15 is 0 Å². The second-order valence-corrected chi connectivity index (χ2v) is 7.25. The van der Waals surface area contributed by atoms with Crippen molar-refractivity contribution in [3.63, 3.8) is 0 Å². The van der Waals surface area contributed by atoms with Gasteiger partial charge < -0.3 is 0 Å². The van der Waals surface area contributed by atoms with E-state index in [2.05, 4.69) is 27.3 Å². The molecular formula is C13H11IN2O4S. The Kier molecular flexibility index (Phi) is 4.47. The molecule has 2 aromatic rings. The molecule has 8 heteroatoms. The Morgan fingerprint density at radius 1 is 1.14 bits per heavy atom. The van der Waals surface area contributed by atoms with E-state index in [1.165, 1.54) is 12.1 Å². The van der Waals surface area contributed by atoms with E-state index in [0.717, 1.165) is 9.64 Å². The molecule has 110 valence electrons. The maximum atomic E-state index is 12.2. The number of nitro groups is 1. The van der Waals surface area contributed by atoms with Gasteiger partial charge in [0.1, 0.15) is 0 Å². The van der Waals surface area contributed by atoms with E-state index in [0.29, 0.717) is 11.3 Å². The zero-order chi connectivity index (χ0) is 15.6. The number of aryl methyl sites for hydroxylation is 1. The smallest absolute Gasteiger partial charge is 0.273 e. The van der Waals surface area contributed by atoms with Crippen LogP contribution in [0.5, 0.6) is 0 Å². The highest BCUT2D eigenvalue weighted by Crippen LogP contribution is 2.24. The van der Waals surface area contributed by atoms with Gasteiger partial charge in [-0.15, -0.1) is 0 Å². The minimum atomic E-state index is -3.86. The summed E-state index contributed by atoms with van der Waals surface area (Å²) in [5.41, 5.74) is 0.590. The molecule has 2 aromatic carbocycles. The highest BCUT2D eigenvalue weighted by Gasteiger charge is 2.19. The Balaban J connectivity index is 2.38.